The minimum atomic E-state index is -0.514. The first-order valence-electron chi connectivity index (χ1n) is 16.0. The third-order valence-corrected chi connectivity index (χ3v) is 8.47. The summed E-state index contributed by atoms with van der Waals surface area (Å²) in [6, 6.07) is 7.57. The van der Waals surface area contributed by atoms with Crippen molar-refractivity contribution in [2.24, 2.45) is 5.92 Å². The largest absolute Gasteiger partial charge is 0.507 e. The topological polar surface area (TPSA) is 139 Å². The van der Waals surface area contributed by atoms with Crippen molar-refractivity contribution in [1.82, 2.24) is 20.5 Å². The molecule has 1 aromatic heterocycles. The van der Waals surface area contributed by atoms with Crippen molar-refractivity contribution in [1.29, 1.82) is 0 Å². The lowest BCUT2D eigenvalue weighted by Gasteiger charge is -2.35. The Kier molecular flexibility index (Phi) is 12.5. The SMILES string of the molecule is CC(C)(C)OC(CNC(=O)CCC(NC(c1ccncc1)c1ccc([N+](=O)[O-])cc1O)C1CCCCC1)CN1CCOCC1. The fraction of sp³-hybridized carbons (Fsp3) is 0.636. The molecule has 1 aromatic carbocycles. The molecule has 242 valence electrons. The maximum atomic E-state index is 13.2. The lowest BCUT2D eigenvalue weighted by atomic mass is 9.81. The number of morpholine rings is 1. The summed E-state index contributed by atoms with van der Waals surface area (Å²) in [6.07, 6.45) is 9.86. The molecule has 0 spiro atoms. The van der Waals surface area contributed by atoms with E-state index >= 15 is 0 Å². The zero-order valence-electron chi connectivity index (χ0n) is 26.4. The molecular formula is C33H49N5O6. The summed E-state index contributed by atoms with van der Waals surface area (Å²) >= 11 is 0. The van der Waals surface area contributed by atoms with E-state index in [4.69, 9.17) is 9.47 Å². The molecule has 0 radical (unpaired) electrons. The van der Waals surface area contributed by atoms with E-state index in [0.717, 1.165) is 50.9 Å². The van der Waals surface area contributed by atoms with Gasteiger partial charge < -0.3 is 25.2 Å². The molecule has 4 rings (SSSR count). The second kappa shape index (κ2) is 16.3. The van der Waals surface area contributed by atoms with Crippen LogP contribution in [0.2, 0.25) is 0 Å². The van der Waals surface area contributed by atoms with Gasteiger partial charge in [0.2, 0.25) is 5.91 Å². The van der Waals surface area contributed by atoms with Gasteiger partial charge in [-0.1, -0.05) is 19.3 Å². The van der Waals surface area contributed by atoms with E-state index in [0.29, 0.717) is 44.1 Å². The molecule has 3 unspecified atom stereocenters. The number of rotatable bonds is 14. The molecule has 3 atom stereocenters. The predicted octanol–water partition coefficient (Wildman–Crippen LogP) is 4.74. The zero-order chi connectivity index (χ0) is 31.5. The molecule has 1 saturated carbocycles. The van der Waals surface area contributed by atoms with Gasteiger partial charge in [0.15, 0.2) is 0 Å². The number of carbonyl (C=O) groups excluding carboxylic acids is 1. The fourth-order valence-corrected chi connectivity index (χ4v) is 6.33. The Morgan fingerprint density at radius 2 is 1.86 bits per heavy atom. The van der Waals surface area contributed by atoms with E-state index in [1.54, 1.807) is 18.5 Å². The van der Waals surface area contributed by atoms with Gasteiger partial charge in [-0.05, 0) is 69.7 Å². The quantitative estimate of drug-likeness (QED) is 0.204. The number of phenolic OH excluding ortho intramolecular Hbond substituents is 1. The molecule has 3 N–H and O–H groups in total. The monoisotopic (exact) mass is 611 g/mol. The van der Waals surface area contributed by atoms with Gasteiger partial charge in [-0.2, -0.15) is 0 Å². The summed E-state index contributed by atoms with van der Waals surface area (Å²) in [5.41, 5.74) is 0.947. The number of nitrogens with zero attached hydrogens (tertiary/aromatic N) is 3. The molecule has 1 aliphatic carbocycles. The first kappa shape index (κ1) is 33.8. The number of non-ortho nitro benzene ring substituents is 1. The third-order valence-electron chi connectivity index (χ3n) is 8.47. The number of nitrogens with one attached hydrogen (secondary N) is 2. The molecule has 2 aliphatic rings. The van der Waals surface area contributed by atoms with Gasteiger partial charge in [0.25, 0.3) is 5.69 Å². The highest BCUT2D eigenvalue weighted by molar-refractivity contribution is 5.75. The standard InChI is InChI=1S/C33H49N5O6/c1-33(2,3)44-27(23-37-17-19-43-20-18-37)22-35-31(40)12-11-29(24-7-5-4-6-8-24)36-32(25-13-15-34-16-14-25)28-10-9-26(38(41)42)21-30(28)39/h9-10,13-16,21,24,27,29,32,36,39H,4-8,11-12,17-20,22-23H2,1-3H3,(H,35,40). The van der Waals surface area contributed by atoms with Gasteiger partial charge >= 0.3 is 0 Å². The number of hydrogen-bond acceptors (Lipinski definition) is 9. The van der Waals surface area contributed by atoms with Crippen molar-refractivity contribution in [2.75, 3.05) is 39.4 Å². The third kappa shape index (κ3) is 10.5. The number of pyridine rings is 1. The summed E-state index contributed by atoms with van der Waals surface area (Å²) < 4.78 is 11.8. The van der Waals surface area contributed by atoms with Gasteiger partial charge in [0.1, 0.15) is 5.75 Å². The van der Waals surface area contributed by atoms with Gasteiger partial charge in [-0.15, -0.1) is 0 Å². The van der Waals surface area contributed by atoms with Crippen molar-refractivity contribution in [3.63, 3.8) is 0 Å². The molecule has 0 bridgehead atoms. The highest BCUT2D eigenvalue weighted by Gasteiger charge is 2.30. The number of carbonyl (C=O) groups is 1. The van der Waals surface area contributed by atoms with Crippen LogP contribution in [-0.2, 0) is 14.3 Å². The Labute approximate surface area is 260 Å². The number of benzene rings is 1. The van der Waals surface area contributed by atoms with E-state index in [-0.39, 0.29) is 35.1 Å². The number of ether oxygens (including phenoxy) is 2. The second-order valence-corrected chi connectivity index (χ2v) is 13.0. The van der Waals surface area contributed by atoms with Crippen molar-refractivity contribution >= 4 is 11.6 Å². The number of hydrogen-bond donors (Lipinski definition) is 3. The number of aromatic hydroxyl groups is 1. The van der Waals surface area contributed by atoms with Crippen LogP contribution in [0.15, 0.2) is 42.7 Å². The maximum absolute atomic E-state index is 13.2. The van der Waals surface area contributed by atoms with Crippen LogP contribution in [0.3, 0.4) is 0 Å². The van der Waals surface area contributed by atoms with Gasteiger partial charge in [0, 0.05) is 62.7 Å². The summed E-state index contributed by atoms with van der Waals surface area (Å²) in [4.78, 5) is 30.5. The van der Waals surface area contributed by atoms with Crippen molar-refractivity contribution in [2.45, 2.75) is 89.5 Å². The molecule has 11 heteroatoms. The average molecular weight is 612 g/mol. The highest BCUT2D eigenvalue weighted by Crippen LogP contribution is 2.35. The van der Waals surface area contributed by atoms with Crippen molar-refractivity contribution in [3.8, 4) is 5.75 Å². The Balaban J connectivity index is 1.46. The van der Waals surface area contributed by atoms with E-state index < -0.39 is 11.0 Å². The van der Waals surface area contributed by atoms with Crippen LogP contribution in [0.25, 0.3) is 0 Å². The lowest BCUT2D eigenvalue weighted by Crippen LogP contribution is -2.48. The van der Waals surface area contributed by atoms with Crippen LogP contribution in [0, 0.1) is 16.0 Å². The Morgan fingerprint density at radius 3 is 2.50 bits per heavy atom. The molecule has 2 heterocycles. The molecule has 1 aliphatic heterocycles. The Hall–Kier alpha value is -3.12. The molecule has 2 fully saturated rings. The fourth-order valence-electron chi connectivity index (χ4n) is 6.33. The summed E-state index contributed by atoms with van der Waals surface area (Å²) in [5.74, 6) is 0.217. The van der Waals surface area contributed by atoms with Gasteiger partial charge in [-0.25, -0.2) is 0 Å². The zero-order valence-corrected chi connectivity index (χ0v) is 26.4. The number of nitro groups is 1. The van der Waals surface area contributed by atoms with Crippen LogP contribution < -0.4 is 10.6 Å². The smallest absolute Gasteiger partial charge is 0.273 e. The predicted molar refractivity (Wildman–Crippen MR) is 168 cm³/mol. The van der Waals surface area contributed by atoms with Crippen molar-refractivity contribution in [3.05, 3.63) is 64.0 Å². The van der Waals surface area contributed by atoms with Crippen LogP contribution in [-0.4, -0.2) is 83.0 Å². The minimum Gasteiger partial charge on any atom is -0.507 e. The van der Waals surface area contributed by atoms with Crippen LogP contribution in [0.1, 0.15) is 82.9 Å². The molecule has 1 saturated heterocycles. The molecular weight excluding hydrogens is 562 g/mol. The number of phenols is 1. The number of amides is 1. The maximum Gasteiger partial charge on any atom is 0.273 e. The van der Waals surface area contributed by atoms with Crippen LogP contribution in [0.4, 0.5) is 5.69 Å². The van der Waals surface area contributed by atoms with E-state index in [9.17, 15) is 20.0 Å². The molecule has 2 aromatic rings. The first-order valence-corrected chi connectivity index (χ1v) is 16.0. The van der Waals surface area contributed by atoms with Gasteiger partial charge in [0.05, 0.1) is 42.0 Å². The van der Waals surface area contributed by atoms with Crippen molar-refractivity contribution < 1.29 is 24.3 Å². The molecule has 1 amide bonds. The van der Waals surface area contributed by atoms with Gasteiger partial charge in [-0.3, -0.25) is 24.8 Å². The number of aromatic nitrogens is 1. The number of nitro benzene ring substituents is 1. The minimum absolute atomic E-state index is 0.00350. The van der Waals surface area contributed by atoms with E-state index in [1.165, 1.54) is 18.6 Å². The first-order chi connectivity index (χ1) is 21.1. The molecule has 44 heavy (non-hydrogen) atoms. The van der Waals surface area contributed by atoms with E-state index in [2.05, 4.69) is 20.5 Å². The Bertz CT molecular complexity index is 1190. The summed E-state index contributed by atoms with van der Waals surface area (Å²) in [6.45, 7) is 10.4. The van der Waals surface area contributed by atoms with Crippen LogP contribution >= 0.6 is 0 Å². The summed E-state index contributed by atoms with van der Waals surface area (Å²) in [7, 11) is 0. The Morgan fingerprint density at radius 1 is 1.16 bits per heavy atom. The average Bonchev–Trinajstić information content (AvgIpc) is 3.01. The normalized spacial score (nSPS) is 18.8. The second-order valence-electron chi connectivity index (χ2n) is 13.0. The highest BCUT2D eigenvalue weighted by atomic mass is 16.6. The van der Waals surface area contributed by atoms with Crippen LogP contribution in [0.5, 0.6) is 5.75 Å². The summed E-state index contributed by atoms with van der Waals surface area (Å²) in [5, 5.41) is 29.1. The molecule has 11 nitrogen and oxygen atoms in total. The lowest BCUT2D eigenvalue weighted by molar-refractivity contribution is -0.385. The van der Waals surface area contributed by atoms with E-state index in [1.807, 2.05) is 32.9 Å².